The van der Waals surface area contributed by atoms with Crippen LogP contribution in [0.3, 0.4) is 0 Å². The van der Waals surface area contributed by atoms with Gasteiger partial charge < -0.3 is 15.2 Å². The van der Waals surface area contributed by atoms with E-state index in [1.54, 1.807) is 6.07 Å². The number of benzene rings is 1. The molecule has 7 heteroatoms. The number of ether oxygens (including phenoxy) is 1. The molecule has 1 amide bonds. The molecule has 1 aromatic heterocycles. The van der Waals surface area contributed by atoms with Crippen LogP contribution in [0.1, 0.15) is 34.2 Å². The lowest BCUT2D eigenvalue weighted by Crippen LogP contribution is -2.47. The highest BCUT2D eigenvalue weighted by atomic mass is 16.5. The molecule has 0 radical (unpaired) electrons. The molecule has 0 saturated carbocycles. The Balaban J connectivity index is 1.30. The van der Waals surface area contributed by atoms with Crippen molar-refractivity contribution in [1.29, 1.82) is 0 Å². The van der Waals surface area contributed by atoms with Crippen LogP contribution in [0.15, 0.2) is 36.7 Å². The van der Waals surface area contributed by atoms with Gasteiger partial charge in [0.05, 0.1) is 25.4 Å². The Morgan fingerprint density at radius 3 is 2.86 bits per heavy atom. The van der Waals surface area contributed by atoms with Crippen molar-refractivity contribution >= 4 is 5.91 Å². The Morgan fingerprint density at radius 2 is 2.10 bits per heavy atom. The number of fused-ring (bicyclic) bond motifs is 1. The molecule has 3 heterocycles. The number of amides is 1. The predicted molar refractivity (Wildman–Crippen MR) is 108 cm³/mol. The second-order valence-corrected chi connectivity index (χ2v) is 8.09. The van der Waals surface area contributed by atoms with Crippen LogP contribution in [0.2, 0.25) is 0 Å². The van der Waals surface area contributed by atoms with Gasteiger partial charge in [-0.2, -0.15) is 0 Å². The van der Waals surface area contributed by atoms with Gasteiger partial charge in [-0.25, -0.2) is 9.97 Å². The van der Waals surface area contributed by atoms with Gasteiger partial charge in [-0.05, 0) is 37.0 Å². The minimum absolute atomic E-state index is 0.283. The summed E-state index contributed by atoms with van der Waals surface area (Å²) in [6.07, 6.45) is 2.55. The molecule has 1 unspecified atom stereocenters. The molecule has 7 nitrogen and oxygen atoms in total. The number of aliphatic hydroxyl groups excluding tert-OH is 1. The predicted octanol–water partition coefficient (Wildman–Crippen LogP) is 1.20. The molecule has 4 rings (SSSR count). The van der Waals surface area contributed by atoms with Gasteiger partial charge in [0.1, 0.15) is 12.0 Å². The first kappa shape index (κ1) is 19.9. The largest absolute Gasteiger partial charge is 0.390 e. The van der Waals surface area contributed by atoms with E-state index < -0.39 is 6.10 Å². The molecule has 0 bridgehead atoms. The number of rotatable bonds is 7. The standard InChI is InChI=1S/C22H28N4O3/c1-15(21(27)11-26-7-6-17-4-2-3-5-18(17)10-26)25-22(28)20-9-19(23-14-24-20)8-16-12-29-13-16/h2-5,9,14-16,21,27H,6-8,10-13H2,1H3,(H,25,28)/t15?,21-/m0/s1. The molecule has 2 N–H and O–H groups in total. The van der Waals surface area contributed by atoms with E-state index in [2.05, 4.69) is 44.5 Å². The second kappa shape index (κ2) is 8.98. The fraction of sp³-hybridized carbons (Fsp3) is 0.500. The maximum absolute atomic E-state index is 12.6. The molecule has 154 valence electrons. The summed E-state index contributed by atoms with van der Waals surface area (Å²) in [5.74, 6) is 0.185. The van der Waals surface area contributed by atoms with Gasteiger partial charge in [0.15, 0.2) is 0 Å². The van der Waals surface area contributed by atoms with E-state index in [0.29, 0.717) is 18.2 Å². The normalized spacial score (nSPS) is 19.1. The maximum atomic E-state index is 12.6. The van der Waals surface area contributed by atoms with Crippen LogP contribution in [0.4, 0.5) is 0 Å². The summed E-state index contributed by atoms with van der Waals surface area (Å²) in [7, 11) is 0. The van der Waals surface area contributed by atoms with E-state index >= 15 is 0 Å². The number of carbonyl (C=O) groups excluding carboxylic acids is 1. The Hall–Kier alpha value is -2.35. The van der Waals surface area contributed by atoms with Gasteiger partial charge in [0, 0.05) is 31.2 Å². The number of carbonyl (C=O) groups is 1. The molecule has 29 heavy (non-hydrogen) atoms. The number of nitrogens with one attached hydrogen (secondary N) is 1. The Bertz CT molecular complexity index is 855. The van der Waals surface area contributed by atoms with Gasteiger partial charge in [0.25, 0.3) is 5.91 Å². The van der Waals surface area contributed by atoms with Gasteiger partial charge in [-0.3, -0.25) is 9.69 Å². The molecule has 0 spiro atoms. The average Bonchev–Trinajstić information content (AvgIpc) is 2.70. The van der Waals surface area contributed by atoms with E-state index in [-0.39, 0.29) is 11.9 Å². The first-order valence-corrected chi connectivity index (χ1v) is 10.2. The van der Waals surface area contributed by atoms with Crippen molar-refractivity contribution in [3.05, 3.63) is 59.2 Å². The van der Waals surface area contributed by atoms with Gasteiger partial charge in [-0.1, -0.05) is 24.3 Å². The maximum Gasteiger partial charge on any atom is 0.270 e. The lowest BCUT2D eigenvalue weighted by Gasteiger charge is -2.32. The van der Waals surface area contributed by atoms with Crippen molar-refractivity contribution in [3.8, 4) is 0 Å². The van der Waals surface area contributed by atoms with E-state index in [1.807, 2.05) is 6.92 Å². The summed E-state index contributed by atoms with van der Waals surface area (Å²) in [5.41, 5.74) is 3.88. The molecule has 2 aliphatic rings. The lowest BCUT2D eigenvalue weighted by atomic mass is 9.99. The minimum atomic E-state index is -0.655. The molecule has 1 aromatic carbocycles. The van der Waals surface area contributed by atoms with Gasteiger partial charge in [0.2, 0.25) is 0 Å². The zero-order valence-electron chi connectivity index (χ0n) is 16.8. The number of aliphatic hydroxyl groups is 1. The summed E-state index contributed by atoms with van der Waals surface area (Å²) >= 11 is 0. The minimum Gasteiger partial charge on any atom is -0.390 e. The first-order chi connectivity index (χ1) is 14.1. The highest BCUT2D eigenvalue weighted by Gasteiger charge is 2.24. The molecule has 1 fully saturated rings. The summed E-state index contributed by atoms with van der Waals surface area (Å²) in [6, 6.07) is 9.78. The van der Waals surface area contributed by atoms with Crippen molar-refractivity contribution in [1.82, 2.24) is 20.2 Å². The Labute approximate surface area is 171 Å². The van der Waals surface area contributed by atoms with E-state index in [4.69, 9.17) is 4.74 Å². The molecular weight excluding hydrogens is 368 g/mol. The first-order valence-electron chi connectivity index (χ1n) is 10.2. The van der Waals surface area contributed by atoms with Crippen LogP contribution in [0.5, 0.6) is 0 Å². The third-order valence-electron chi connectivity index (χ3n) is 5.75. The van der Waals surface area contributed by atoms with Gasteiger partial charge in [-0.15, -0.1) is 0 Å². The third kappa shape index (κ3) is 4.98. The average molecular weight is 396 g/mol. The van der Waals surface area contributed by atoms with Crippen LogP contribution >= 0.6 is 0 Å². The quantitative estimate of drug-likeness (QED) is 0.731. The summed E-state index contributed by atoms with van der Waals surface area (Å²) < 4.78 is 5.19. The Kier molecular flexibility index (Phi) is 6.18. The molecule has 2 aromatic rings. The van der Waals surface area contributed by atoms with E-state index in [0.717, 1.165) is 44.8 Å². The molecule has 1 saturated heterocycles. The summed E-state index contributed by atoms with van der Waals surface area (Å²) in [5, 5.41) is 13.5. The van der Waals surface area contributed by atoms with E-state index in [1.165, 1.54) is 17.5 Å². The molecule has 0 aliphatic carbocycles. The fourth-order valence-electron chi connectivity index (χ4n) is 3.84. The second-order valence-electron chi connectivity index (χ2n) is 8.09. The Morgan fingerprint density at radius 1 is 1.31 bits per heavy atom. The third-order valence-corrected chi connectivity index (χ3v) is 5.75. The highest BCUT2D eigenvalue weighted by molar-refractivity contribution is 5.92. The van der Waals surface area contributed by atoms with Crippen molar-refractivity contribution < 1.29 is 14.6 Å². The van der Waals surface area contributed by atoms with Crippen LogP contribution in [-0.4, -0.2) is 64.3 Å². The number of hydrogen-bond acceptors (Lipinski definition) is 6. The van der Waals surface area contributed by atoms with Crippen molar-refractivity contribution in [2.75, 3.05) is 26.3 Å². The fourth-order valence-corrected chi connectivity index (χ4v) is 3.84. The zero-order valence-corrected chi connectivity index (χ0v) is 16.8. The van der Waals surface area contributed by atoms with Crippen LogP contribution in [0, 0.1) is 5.92 Å². The highest BCUT2D eigenvalue weighted by Crippen LogP contribution is 2.19. The SMILES string of the molecule is CC(NC(=O)c1cc(CC2COC2)ncn1)[C@@H](O)CN1CCc2ccccc2C1. The van der Waals surface area contributed by atoms with Crippen LogP contribution in [0.25, 0.3) is 0 Å². The smallest absolute Gasteiger partial charge is 0.270 e. The van der Waals surface area contributed by atoms with Crippen molar-refractivity contribution in [2.24, 2.45) is 5.92 Å². The number of β-amino-alcohol motifs (C(OH)–C–C–N with tert-alkyl or cyclic N) is 1. The van der Waals surface area contributed by atoms with Crippen molar-refractivity contribution in [3.63, 3.8) is 0 Å². The van der Waals surface area contributed by atoms with Crippen LogP contribution in [-0.2, 0) is 24.1 Å². The topological polar surface area (TPSA) is 87.6 Å². The number of aromatic nitrogens is 2. The van der Waals surface area contributed by atoms with Crippen LogP contribution < -0.4 is 5.32 Å². The van der Waals surface area contributed by atoms with Crippen molar-refractivity contribution in [2.45, 2.75) is 38.5 Å². The lowest BCUT2D eigenvalue weighted by molar-refractivity contribution is -0.0316. The summed E-state index contributed by atoms with van der Waals surface area (Å²) in [4.78, 5) is 23.2. The van der Waals surface area contributed by atoms with Gasteiger partial charge >= 0.3 is 0 Å². The zero-order chi connectivity index (χ0) is 20.2. The molecule has 2 atom stereocenters. The molecule has 2 aliphatic heterocycles. The van der Waals surface area contributed by atoms with E-state index in [9.17, 15) is 9.90 Å². The molecular formula is C22H28N4O3. The summed E-state index contributed by atoms with van der Waals surface area (Å²) in [6.45, 7) is 5.58. The number of nitrogens with zero attached hydrogens (tertiary/aromatic N) is 3. The monoisotopic (exact) mass is 396 g/mol. The number of hydrogen-bond donors (Lipinski definition) is 2.